The predicted molar refractivity (Wildman–Crippen MR) is 85.7 cm³/mol. The monoisotopic (exact) mass is 346 g/mol. The molecule has 24 heavy (non-hydrogen) atoms. The van der Waals surface area contributed by atoms with Gasteiger partial charge in [0.1, 0.15) is 17.1 Å². The van der Waals surface area contributed by atoms with Crippen LogP contribution >= 0.6 is 11.6 Å². The van der Waals surface area contributed by atoms with Gasteiger partial charge in [0, 0.05) is 0 Å². The number of imide groups is 2. The van der Waals surface area contributed by atoms with Gasteiger partial charge in [-0.3, -0.25) is 14.9 Å². The maximum absolute atomic E-state index is 12.6. The Morgan fingerprint density at radius 3 is 2.67 bits per heavy atom. The summed E-state index contributed by atoms with van der Waals surface area (Å²) in [7, 11) is 1.45. The highest BCUT2D eigenvalue weighted by Crippen LogP contribution is 2.30. The van der Waals surface area contributed by atoms with Gasteiger partial charge in [-0.2, -0.15) is 0 Å². The first-order chi connectivity index (χ1) is 11.5. The van der Waals surface area contributed by atoms with Gasteiger partial charge in [0.05, 0.1) is 24.1 Å². The van der Waals surface area contributed by atoms with Crippen LogP contribution in [0, 0.1) is 0 Å². The molecular weight excluding hydrogens is 336 g/mol. The SMILES string of the molecule is COc1ccc(N2C(=O)NC(=O)/C(=C\c3ccco3)C2=O)cc1Cl. The van der Waals surface area contributed by atoms with Crippen molar-refractivity contribution < 1.29 is 23.5 Å². The lowest BCUT2D eigenvalue weighted by atomic mass is 10.1. The molecule has 0 atom stereocenters. The molecule has 1 saturated heterocycles. The molecule has 1 aromatic carbocycles. The zero-order valence-electron chi connectivity index (χ0n) is 12.4. The minimum atomic E-state index is -0.858. The van der Waals surface area contributed by atoms with E-state index in [-0.39, 0.29) is 16.3 Å². The van der Waals surface area contributed by atoms with Gasteiger partial charge in [0.2, 0.25) is 0 Å². The van der Waals surface area contributed by atoms with E-state index in [1.54, 1.807) is 12.1 Å². The maximum atomic E-state index is 12.6. The Labute approximate surface area is 141 Å². The van der Waals surface area contributed by atoms with Gasteiger partial charge < -0.3 is 9.15 Å². The number of halogens is 1. The van der Waals surface area contributed by atoms with Crippen LogP contribution in [0.5, 0.6) is 5.75 Å². The summed E-state index contributed by atoms with van der Waals surface area (Å²) in [6, 6.07) is 6.75. The van der Waals surface area contributed by atoms with Gasteiger partial charge in [0.25, 0.3) is 11.8 Å². The number of benzene rings is 1. The van der Waals surface area contributed by atoms with Crippen molar-refractivity contribution in [3.05, 3.63) is 53.0 Å². The largest absolute Gasteiger partial charge is 0.495 e. The lowest BCUT2D eigenvalue weighted by Gasteiger charge is -2.26. The molecule has 0 aliphatic carbocycles. The number of barbiturate groups is 1. The highest BCUT2D eigenvalue weighted by atomic mass is 35.5. The second-order valence-electron chi connectivity index (χ2n) is 4.79. The summed E-state index contributed by atoms with van der Waals surface area (Å²) in [4.78, 5) is 37.4. The quantitative estimate of drug-likeness (QED) is 0.681. The number of methoxy groups -OCH3 is 1. The number of urea groups is 1. The van der Waals surface area contributed by atoms with Crippen molar-refractivity contribution >= 4 is 41.2 Å². The third kappa shape index (κ3) is 2.77. The molecule has 122 valence electrons. The minimum absolute atomic E-state index is 0.209. The molecule has 1 aliphatic heterocycles. The van der Waals surface area contributed by atoms with E-state index in [9.17, 15) is 14.4 Å². The zero-order chi connectivity index (χ0) is 17.3. The van der Waals surface area contributed by atoms with E-state index in [2.05, 4.69) is 5.32 Å². The number of nitrogens with one attached hydrogen (secondary N) is 1. The molecule has 2 aromatic rings. The minimum Gasteiger partial charge on any atom is -0.495 e. The van der Waals surface area contributed by atoms with Crippen LogP contribution in [0.3, 0.4) is 0 Å². The number of amides is 4. The topological polar surface area (TPSA) is 88.8 Å². The van der Waals surface area contributed by atoms with Crippen molar-refractivity contribution in [2.24, 2.45) is 0 Å². The fourth-order valence-corrected chi connectivity index (χ4v) is 2.45. The van der Waals surface area contributed by atoms with Crippen molar-refractivity contribution in [2.75, 3.05) is 12.0 Å². The zero-order valence-corrected chi connectivity index (χ0v) is 13.2. The molecule has 3 rings (SSSR count). The van der Waals surface area contributed by atoms with Crippen LogP contribution < -0.4 is 15.0 Å². The third-order valence-electron chi connectivity index (χ3n) is 3.33. The standard InChI is InChI=1S/C16H11ClN2O5/c1-23-13-5-4-9(7-12(13)17)19-15(21)11(14(20)18-16(19)22)8-10-3-2-6-24-10/h2-8H,1H3,(H,18,20,22)/b11-8+. The molecule has 1 aromatic heterocycles. The number of anilines is 1. The summed E-state index contributed by atoms with van der Waals surface area (Å²) in [6.45, 7) is 0. The summed E-state index contributed by atoms with van der Waals surface area (Å²) >= 11 is 6.03. The van der Waals surface area contributed by atoms with Crippen LogP contribution in [0.25, 0.3) is 6.08 Å². The molecule has 8 heteroatoms. The first-order valence-electron chi connectivity index (χ1n) is 6.80. The van der Waals surface area contributed by atoms with Crippen LogP contribution in [-0.2, 0) is 9.59 Å². The normalized spacial score (nSPS) is 16.5. The fraction of sp³-hybridized carbons (Fsp3) is 0.0625. The summed E-state index contributed by atoms with van der Waals surface area (Å²) in [5.41, 5.74) is -0.0161. The van der Waals surface area contributed by atoms with Crippen LogP contribution in [0.4, 0.5) is 10.5 Å². The van der Waals surface area contributed by atoms with E-state index in [4.69, 9.17) is 20.8 Å². The molecule has 1 N–H and O–H groups in total. The Hall–Kier alpha value is -3.06. The van der Waals surface area contributed by atoms with E-state index >= 15 is 0 Å². The number of carbonyl (C=O) groups excluding carboxylic acids is 3. The van der Waals surface area contributed by atoms with Gasteiger partial charge in [-0.15, -0.1) is 0 Å². The van der Waals surface area contributed by atoms with Crippen LogP contribution in [0.15, 0.2) is 46.6 Å². The van der Waals surface area contributed by atoms with Gasteiger partial charge in [-0.25, -0.2) is 9.69 Å². The summed E-state index contributed by atoms with van der Waals surface area (Å²) in [6.07, 6.45) is 2.67. The molecule has 0 saturated carbocycles. The van der Waals surface area contributed by atoms with Crippen LogP contribution in [-0.4, -0.2) is 25.0 Å². The fourth-order valence-electron chi connectivity index (χ4n) is 2.20. The highest BCUT2D eigenvalue weighted by molar-refractivity contribution is 6.39. The molecule has 0 spiro atoms. The van der Waals surface area contributed by atoms with Gasteiger partial charge >= 0.3 is 6.03 Å². The van der Waals surface area contributed by atoms with E-state index < -0.39 is 17.8 Å². The molecule has 0 radical (unpaired) electrons. The second-order valence-corrected chi connectivity index (χ2v) is 5.20. The summed E-state index contributed by atoms with van der Waals surface area (Å²) < 4.78 is 10.1. The van der Waals surface area contributed by atoms with Crippen molar-refractivity contribution in [3.8, 4) is 5.75 Å². The first-order valence-corrected chi connectivity index (χ1v) is 7.17. The lowest BCUT2D eigenvalue weighted by Crippen LogP contribution is -2.54. The Balaban J connectivity index is 2.01. The molecule has 4 amide bonds. The van der Waals surface area contributed by atoms with Crippen LogP contribution in [0.1, 0.15) is 5.76 Å². The third-order valence-corrected chi connectivity index (χ3v) is 3.62. The molecule has 0 unspecified atom stereocenters. The number of ether oxygens (including phenoxy) is 1. The number of carbonyl (C=O) groups is 3. The second kappa shape index (κ2) is 6.21. The van der Waals surface area contributed by atoms with Crippen molar-refractivity contribution in [2.45, 2.75) is 0 Å². The van der Waals surface area contributed by atoms with E-state index in [1.807, 2.05) is 0 Å². The first kappa shape index (κ1) is 15.8. The van der Waals surface area contributed by atoms with E-state index in [1.165, 1.54) is 37.6 Å². The summed E-state index contributed by atoms with van der Waals surface area (Å²) in [5, 5.41) is 2.34. The lowest BCUT2D eigenvalue weighted by molar-refractivity contribution is -0.122. The number of rotatable bonds is 3. The van der Waals surface area contributed by atoms with Crippen molar-refractivity contribution in [1.82, 2.24) is 5.32 Å². The smallest absolute Gasteiger partial charge is 0.335 e. The van der Waals surface area contributed by atoms with E-state index in [0.717, 1.165) is 4.90 Å². The van der Waals surface area contributed by atoms with Gasteiger partial charge in [0.15, 0.2) is 0 Å². The number of hydrogen-bond donors (Lipinski definition) is 1. The highest BCUT2D eigenvalue weighted by Gasteiger charge is 2.37. The van der Waals surface area contributed by atoms with Crippen LogP contribution in [0.2, 0.25) is 5.02 Å². The Morgan fingerprint density at radius 2 is 2.04 bits per heavy atom. The van der Waals surface area contributed by atoms with E-state index in [0.29, 0.717) is 11.5 Å². The summed E-state index contributed by atoms with van der Waals surface area (Å²) in [5.74, 6) is -0.859. The average molecular weight is 347 g/mol. The Bertz CT molecular complexity index is 857. The molecule has 7 nitrogen and oxygen atoms in total. The molecule has 1 aliphatic rings. The molecule has 2 heterocycles. The Kier molecular flexibility index (Phi) is 4.09. The van der Waals surface area contributed by atoms with Crippen molar-refractivity contribution in [1.29, 1.82) is 0 Å². The Morgan fingerprint density at radius 1 is 1.25 bits per heavy atom. The molecular formula is C16H11ClN2O5. The average Bonchev–Trinajstić information content (AvgIpc) is 3.04. The predicted octanol–water partition coefficient (Wildman–Crippen LogP) is 2.61. The number of hydrogen-bond acceptors (Lipinski definition) is 5. The van der Waals surface area contributed by atoms with Crippen molar-refractivity contribution in [3.63, 3.8) is 0 Å². The molecule has 0 bridgehead atoms. The van der Waals surface area contributed by atoms with Gasteiger partial charge in [-0.1, -0.05) is 11.6 Å². The molecule has 1 fully saturated rings. The maximum Gasteiger partial charge on any atom is 0.335 e. The van der Waals surface area contributed by atoms with Gasteiger partial charge in [-0.05, 0) is 36.4 Å². The number of nitrogens with zero attached hydrogens (tertiary/aromatic N) is 1. The number of furan rings is 1.